The van der Waals surface area contributed by atoms with Crippen LogP contribution in [0.5, 0.6) is 0 Å². The van der Waals surface area contributed by atoms with Gasteiger partial charge in [0.25, 0.3) is 0 Å². The van der Waals surface area contributed by atoms with E-state index in [0.717, 1.165) is 0 Å². The summed E-state index contributed by atoms with van der Waals surface area (Å²) in [7, 11) is 1.74. The molecule has 18 heavy (non-hydrogen) atoms. The first-order valence-corrected chi connectivity index (χ1v) is 6.31. The normalized spacial score (nSPS) is 12.2. The van der Waals surface area contributed by atoms with Crippen LogP contribution in [0.1, 0.15) is 18.6 Å². The van der Waals surface area contributed by atoms with Crippen LogP contribution >= 0.6 is 11.6 Å². The van der Waals surface area contributed by atoms with Gasteiger partial charge in [0.15, 0.2) is 0 Å². The second-order valence-corrected chi connectivity index (χ2v) is 4.48. The number of hydrogen-bond acceptors (Lipinski definition) is 3. The summed E-state index contributed by atoms with van der Waals surface area (Å²) in [4.78, 5) is 13.1. The Hall–Kier alpha value is -1.10. The van der Waals surface area contributed by atoms with Gasteiger partial charge in [-0.05, 0) is 13.0 Å². The molecule has 0 fully saturated rings. The number of nitrogens with zero attached hydrogens (tertiary/aromatic N) is 1. The molecule has 0 saturated carbocycles. The number of likely N-dealkylation sites (N-methyl/N-ethyl adjacent to an activating group) is 1. The summed E-state index contributed by atoms with van der Waals surface area (Å²) in [6, 6.07) is 7.14. The van der Waals surface area contributed by atoms with Crippen molar-refractivity contribution < 1.29 is 9.90 Å². The van der Waals surface area contributed by atoms with Gasteiger partial charge >= 0.3 is 0 Å². The number of carbonyl (C=O) groups is 1. The highest BCUT2D eigenvalue weighted by atomic mass is 35.5. The van der Waals surface area contributed by atoms with Gasteiger partial charge in [-0.25, -0.2) is 0 Å². The maximum atomic E-state index is 11.5. The molecule has 0 aliphatic rings. The Bertz CT molecular complexity index is 398. The number of nitrogens with one attached hydrogen (secondary N) is 1. The molecule has 1 rings (SSSR count). The van der Waals surface area contributed by atoms with Crippen molar-refractivity contribution in [1.29, 1.82) is 0 Å². The molecular formula is C13H19ClN2O2. The van der Waals surface area contributed by atoms with Crippen molar-refractivity contribution in [2.75, 3.05) is 26.7 Å². The number of aliphatic hydroxyl groups is 1. The van der Waals surface area contributed by atoms with Gasteiger partial charge in [0.1, 0.15) is 0 Å². The average molecular weight is 271 g/mol. The van der Waals surface area contributed by atoms with Crippen LogP contribution in [0.3, 0.4) is 0 Å². The smallest absolute Gasteiger partial charge is 0.236 e. The zero-order chi connectivity index (χ0) is 13.5. The van der Waals surface area contributed by atoms with Crippen LogP contribution in [-0.2, 0) is 4.79 Å². The zero-order valence-electron chi connectivity index (χ0n) is 10.7. The molecule has 0 aromatic heterocycles. The molecule has 4 nitrogen and oxygen atoms in total. The first-order chi connectivity index (χ1) is 8.56. The lowest BCUT2D eigenvalue weighted by atomic mass is 10.1. The average Bonchev–Trinajstić information content (AvgIpc) is 2.37. The lowest BCUT2D eigenvalue weighted by molar-refractivity contribution is -0.128. The lowest BCUT2D eigenvalue weighted by Gasteiger charge is -2.17. The Morgan fingerprint density at radius 1 is 1.50 bits per heavy atom. The summed E-state index contributed by atoms with van der Waals surface area (Å²) in [6.07, 6.45) is -0.710. The van der Waals surface area contributed by atoms with Gasteiger partial charge in [0.2, 0.25) is 5.91 Å². The Kier molecular flexibility index (Phi) is 6.12. The van der Waals surface area contributed by atoms with E-state index in [9.17, 15) is 9.90 Å². The predicted molar refractivity (Wildman–Crippen MR) is 72.6 cm³/mol. The van der Waals surface area contributed by atoms with Gasteiger partial charge in [-0.15, -0.1) is 0 Å². The molecule has 0 heterocycles. The first-order valence-electron chi connectivity index (χ1n) is 5.93. The minimum Gasteiger partial charge on any atom is -0.387 e. The number of aliphatic hydroxyl groups excluding tert-OH is 1. The Morgan fingerprint density at radius 3 is 2.78 bits per heavy atom. The molecule has 100 valence electrons. The molecule has 1 atom stereocenters. The standard InChI is InChI=1S/C13H19ClN2O2/c1-3-16(2)13(18)9-15-8-12(17)10-6-4-5-7-11(10)14/h4-7,12,15,17H,3,8-9H2,1-2H3. The van der Waals surface area contributed by atoms with Gasteiger partial charge < -0.3 is 15.3 Å². The van der Waals surface area contributed by atoms with Crippen molar-refractivity contribution in [1.82, 2.24) is 10.2 Å². The summed E-state index contributed by atoms with van der Waals surface area (Å²) in [5.74, 6) is 0.00357. The van der Waals surface area contributed by atoms with E-state index >= 15 is 0 Å². The molecule has 0 radical (unpaired) electrons. The molecule has 0 aliphatic carbocycles. The topological polar surface area (TPSA) is 52.6 Å². The number of rotatable bonds is 6. The third-order valence-electron chi connectivity index (χ3n) is 2.78. The Labute approximate surface area is 113 Å². The van der Waals surface area contributed by atoms with Crippen LogP contribution in [0.15, 0.2) is 24.3 Å². The van der Waals surface area contributed by atoms with Gasteiger partial charge in [-0.3, -0.25) is 4.79 Å². The van der Waals surface area contributed by atoms with Crippen molar-refractivity contribution in [2.24, 2.45) is 0 Å². The van der Waals surface area contributed by atoms with E-state index < -0.39 is 6.10 Å². The van der Waals surface area contributed by atoms with Crippen molar-refractivity contribution in [2.45, 2.75) is 13.0 Å². The van der Waals surface area contributed by atoms with Crippen molar-refractivity contribution >= 4 is 17.5 Å². The van der Waals surface area contributed by atoms with Gasteiger partial charge in [0, 0.05) is 30.7 Å². The summed E-state index contributed by atoms with van der Waals surface area (Å²) in [5.41, 5.74) is 0.669. The summed E-state index contributed by atoms with van der Waals surface area (Å²) >= 11 is 5.97. The van der Waals surface area contributed by atoms with E-state index in [1.54, 1.807) is 24.1 Å². The summed E-state index contributed by atoms with van der Waals surface area (Å²) in [5, 5.41) is 13.4. The maximum absolute atomic E-state index is 11.5. The monoisotopic (exact) mass is 270 g/mol. The van der Waals surface area contributed by atoms with Crippen LogP contribution in [0.2, 0.25) is 5.02 Å². The van der Waals surface area contributed by atoms with Crippen LogP contribution in [0, 0.1) is 0 Å². The Balaban J connectivity index is 2.41. The second kappa shape index (κ2) is 7.36. The van der Waals surface area contributed by atoms with Crippen molar-refractivity contribution in [3.05, 3.63) is 34.9 Å². The van der Waals surface area contributed by atoms with E-state index in [1.807, 2.05) is 19.1 Å². The zero-order valence-corrected chi connectivity index (χ0v) is 11.4. The van der Waals surface area contributed by atoms with E-state index in [2.05, 4.69) is 5.32 Å². The van der Waals surface area contributed by atoms with E-state index in [1.165, 1.54) is 0 Å². The molecule has 0 aliphatic heterocycles. The molecule has 0 spiro atoms. The fourth-order valence-electron chi connectivity index (χ4n) is 1.48. The highest BCUT2D eigenvalue weighted by molar-refractivity contribution is 6.31. The molecule has 0 saturated heterocycles. The van der Waals surface area contributed by atoms with Crippen molar-refractivity contribution in [3.63, 3.8) is 0 Å². The molecule has 1 aromatic carbocycles. The molecule has 1 amide bonds. The van der Waals surface area contributed by atoms with E-state index in [4.69, 9.17) is 11.6 Å². The molecule has 5 heteroatoms. The third kappa shape index (κ3) is 4.29. The number of hydrogen-bond donors (Lipinski definition) is 2. The Morgan fingerprint density at radius 2 is 2.17 bits per heavy atom. The fourth-order valence-corrected chi connectivity index (χ4v) is 1.74. The number of carbonyl (C=O) groups excluding carboxylic acids is 1. The summed E-state index contributed by atoms with van der Waals surface area (Å²) < 4.78 is 0. The highest BCUT2D eigenvalue weighted by Crippen LogP contribution is 2.21. The van der Waals surface area contributed by atoms with Crippen LogP contribution in [0.4, 0.5) is 0 Å². The number of amides is 1. The number of halogens is 1. The minimum absolute atomic E-state index is 0.00357. The van der Waals surface area contributed by atoms with E-state index in [0.29, 0.717) is 23.7 Å². The maximum Gasteiger partial charge on any atom is 0.236 e. The van der Waals surface area contributed by atoms with Gasteiger partial charge in [-0.2, -0.15) is 0 Å². The SMILES string of the molecule is CCN(C)C(=O)CNCC(O)c1ccccc1Cl. The minimum atomic E-state index is -0.710. The molecular weight excluding hydrogens is 252 g/mol. The van der Waals surface area contributed by atoms with Crippen LogP contribution in [-0.4, -0.2) is 42.6 Å². The highest BCUT2D eigenvalue weighted by Gasteiger charge is 2.12. The van der Waals surface area contributed by atoms with Crippen LogP contribution in [0.25, 0.3) is 0 Å². The van der Waals surface area contributed by atoms with Gasteiger partial charge in [0.05, 0.1) is 12.6 Å². The first kappa shape index (κ1) is 15.0. The molecule has 1 unspecified atom stereocenters. The van der Waals surface area contributed by atoms with Crippen molar-refractivity contribution in [3.8, 4) is 0 Å². The fraction of sp³-hybridized carbons (Fsp3) is 0.462. The third-order valence-corrected chi connectivity index (χ3v) is 3.12. The second-order valence-electron chi connectivity index (χ2n) is 4.08. The largest absolute Gasteiger partial charge is 0.387 e. The van der Waals surface area contributed by atoms with E-state index in [-0.39, 0.29) is 12.5 Å². The quantitative estimate of drug-likeness (QED) is 0.823. The number of benzene rings is 1. The summed E-state index contributed by atoms with van der Waals surface area (Å²) in [6.45, 7) is 3.10. The van der Waals surface area contributed by atoms with Gasteiger partial charge in [-0.1, -0.05) is 29.8 Å². The molecule has 0 bridgehead atoms. The molecule has 2 N–H and O–H groups in total. The lowest BCUT2D eigenvalue weighted by Crippen LogP contribution is -2.36. The molecule has 1 aromatic rings. The predicted octanol–water partition coefficient (Wildman–Crippen LogP) is 1.44. The van der Waals surface area contributed by atoms with Crippen LogP contribution < -0.4 is 5.32 Å².